The summed E-state index contributed by atoms with van der Waals surface area (Å²) in [4.78, 5) is 20.8. The Balaban J connectivity index is 1.94. The summed E-state index contributed by atoms with van der Waals surface area (Å²) in [7, 11) is 1.84. The van der Waals surface area contributed by atoms with Gasteiger partial charge in [0.1, 0.15) is 16.7 Å². The first-order chi connectivity index (χ1) is 10.1. The minimum Gasteiger partial charge on any atom is -0.373 e. The highest BCUT2D eigenvalue weighted by atomic mass is 32.2. The van der Waals surface area contributed by atoms with Gasteiger partial charge < -0.3 is 5.32 Å². The molecule has 3 rings (SSSR count). The Morgan fingerprint density at radius 1 is 1.43 bits per heavy atom. The maximum absolute atomic E-state index is 11.8. The number of nitrogens with one attached hydrogen (secondary N) is 2. The molecular formula is C13H18N6OS. The fourth-order valence-corrected chi connectivity index (χ4v) is 3.04. The summed E-state index contributed by atoms with van der Waals surface area (Å²) < 4.78 is 1.63. The highest BCUT2D eigenvalue weighted by molar-refractivity contribution is 7.99. The van der Waals surface area contributed by atoms with E-state index in [-0.39, 0.29) is 11.7 Å². The molecule has 2 aromatic heterocycles. The van der Waals surface area contributed by atoms with Crippen molar-refractivity contribution in [1.29, 1.82) is 0 Å². The zero-order valence-corrected chi connectivity index (χ0v) is 13.1. The van der Waals surface area contributed by atoms with Crippen LogP contribution in [0, 0.1) is 0 Å². The van der Waals surface area contributed by atoms with E-state index in [9.17, 15) is 4.79 Å². The molecule has 2 aromatic rings. The van der Waals surface area contributed by atoms with E-state index in [0.717, 1.165) is 29.5 Å². The Kier molecular flexibility index (Phi) is 3.71. The van der Waals surface area contributed by atoms with E-state index < -0.39 is 0 Å². The monoisotopic (exact) mass is 306 g/mol. The van der Waals surface area contributed by atoms with Crippen LogP contribution in [0.4, 0.5) is 5.82 Å². The Morgan fingerprint density at radius 2 is 2.19 bits per heavy atom. The number of rotatable bonds is 5. The fourth-order valence-electron chi connectivity index (χ4n) is 2.06. The van der Waals surface area contributed by atoms with Crippen LogP contribution in [0.25, 0.3) is 0 Å². The molecule has 0 aliphatic heterocycles. The van der Waals surface area contributed by atoms with Crippen molar-refractivity contribution in [3.05, 3.63) is 22.4 Å². The summed E-state index contributed by atoms with van der Waals surface area (Å²) >= 11 is 1.38. The van der Waals surface area contributed by atoms with Crippen molar-refractivity contribution in [2.45, 2.75) is 48.8 Å². The Labute approximate surface area is 126 Å². The Bertz CT molecular complexity index is 703. The molecule has 0 amide bonds. The molecule has 8 heteroatoms. The minimum absolute atomic E-state index is 0.0484. The third-order valence-electron chi connectivity index (χ3n) is 3.30. The van der Waals surface area contributed by atoms with E-state index >= 15 is 0 Å². The smallest absolute Gasteiger partial charge is 0.344 e. The summed E-state index contributed by atoms with van der Waals surface area (Å²) in [5.41, 5.74) is -0.196. The molecule has 1 aliphatic rings. The van der Waals surface area contributed by atoms with Crippen LogP contribution in [-0.4, -0.2) is 31.8 Å². The third-order valence-corrected chi connectivity index (χ3v) is 4.19. The fraction of sp³-hybridized carbons (Fsp3) is 0.538. The molecule has 0 bridgehead atoms. The molecule has 0 radical (unpaired) electrons. The average Bonchev–Trinajstić information content (AvgIpc) is 3.23. The van der Waals surface area contributed by atoms with Crippen molar-refractivity contribution in [3.63, 3.8) is 0 Å². The number of hydrogen-bond acceptors (Lipinski definition) is 6. The van der Waals surface area contributed by atoms with Crippen LogP contribution in [0.3, 0.4) is 0 Å². The molecule has 0 unspecified atom stereocenters. The van der Waals surface area contributed by atoms with Gasteiger partial charge in [-0.3, -0.25) is 4.57 Å². The second kappa shape index (κ2) is 5.51. The average molecular weight is 306 g/mol. The summed E-state index contributed by atoms with van der Waals surface area (Å²) in [6, 6.07) is 1.92. The van der Waals surface area contributed by atoms with Crippen LogP contribution >= 0.6 is 11.8 Å². The van der Waals surface area contributed by atoms with Crippen molar-refractivity contribution in [2.75, 3.05) is 12.4 Å². The zero-order valence-electron chi connectivity index (χ0n) is 12.3. The molecule has 1 saturated carbocycles. The van der Waals surface area contributed by atoms with Gasteiger partial charge in [-0.15, -0.1) is 5.10 Å². The van der Waals surface area contributed by atoms with Gasteiger partial charge in [0, 0.05) is 25.1 Å². The quantitative estimate of drug-likeness (QED) is 0.822. The number of aromatic amines is 1. The molecule has 2 N–H and O–H groups in total. The predicted octanol–water partition coefficient (Wildman–Crippen LogP) is 2.01. The number of anilines is 1. The second-order valence-corrected chi connectivity index (χ2v) is 6.34. The van der Waals surface area contributed by atoms with Crippen molar-refractivity contribution >= 4 is 17.6 Å². The van der Waals surface area contributed by atoms with Crippen molar-refractivity contribution in [1.82, 2.24) is 24.7 Å². The molecule has 1 aliphatic carbocycles. The van der Waals surface area contributed by atoms with E-state index in [1.807, 2.05) is 27.0 Å². The van der Waals surface area contributed by atoms with Gasteiger partial charge in [-0.2, -0.15) is 0 Å². The van der Waals surface area contributed by atoms with Gasteiger partial charge in [0.15, 0.2) is 5.16 Å². The number of aromatic nitrogens is 5. The van der Waals surface area contributed by atoms with Gasteiger partial charge in [0.05, 0.1) is 0 Å². The maximum atomic E-state index is 11.8. The lowest BCUT2D eigenvalue weighted by Gasteiger charge is -2.09. The molecule has 0 saturated heterocycles. The first-order valence-electron chi connectivity index (χ1n) is 7.00. The predicted molar refractivity (Wildman–Crippen MR) is 80.9 cm³/mol. The van der Waals surface area contributed by atoms with Gasteiger partial charge >= 0.3 is 5.69 Å². The zero-order chi connectivity index (χ0) is 15.0. The van der Waals surface area contributed by atoms with Gasteiger partial charge in [0.2, 0.25) is 0 Å². The molecule has 0 spiro atoms. The highest BCUT2D eigenvalue weighted by Gasteiger charge is 2.27. The molecule has 1 fully saturated rings. The topological polar surface area (TPSA) is 88.5 Å². The number of nitrogens with zero attached hydrogens (tertiary/aromatic N) is 4. The van der Waals surface area contributed by atoms with Crippen molar-refractivity contribution in [3.8, 4) is 0 Å². The molecule has 0 aromatic carbocycles. The van der Waals surface area contributed by atoms with Crippen molar-refractivity contribution in [2.24, 2.45) is 0 Å². The molecule has 7 nitrogen and oxygen atoms in total. The normalized spacial score (nSPS) is 14.7. The molecule has 2 heterocycles. The van der Waals surface area contributed by atoms with E-state index in [0.29, 0.717) is 11.1 Å². The van der Waals surface area contributed by atoms with Crippen LogP contribution < -0.4 is 11.0 Å². The lowest BCUT2D eigenvalue weighted by molar-refractivity contribution is 0.534. The Hall–Kier alpha value is -1.83. The van der Waals surface area contributed by atoms with Crippen LogP contribution in [0.1, 0.15) is 44.5 Å². The third kappa shape index (κ3) is 2.94. The largest absolute Gasteiger partial charge is 0.373 e. The first-order valence-corrected chi connectivity index (χ1v) is 7.81. The molecule has 21 heavy (non-hydrogen) atoms. The lowest BCUT2D eigenvalue weighted by atomic mass is 10.4. The van der Waals surface area contributed by atoms with E-state index in [1.165, 1.54) is 11.8 Å². The summed E-state index contributed by atoms with van der Waals surface area (Å²) in [6.07, 6.45) is 2.30. The maximum Gasteiger partial charge on any atom is 0.344 e. The summed E-state index contributed by atoms with van der Waals surface area (Å²) in [5.74, 6) is 2.14. The molecule has 112 valence electrons. The van der Waals surface area contributed by atoms with Crippen LogP contribution in [0.5, 0.6) is 0 Å². The van der Waals surface area contributed by atoms with E-state index in [4.69, 9.17) is 0 Å². The molecule has 0 atom stereocenters. The first kappa shape index (κ1) is 14.1. The van der Waals surface area contributed by atoms with Crippen LogP contribution in [0.15, 0.2) is 21.0 Å². The minimum atomic E-state index is -0.196. The van der Waals surface area contributed by atoms with Crippen LogP contribution in [-0.2, 0) is 0 Å². The Morgan fingerprint density at radius 3 is 2.81 bits per heavy atom. The summed E-state index contributed by atoms with van der Waals surface area (Å²) in [6.45, 7) is 3.91. The van der Waals surface area contributed by atoms with E-state index in [1.54, 1.807) is 4.57 Å². The molecular weight excluding hydrogens is 288 g/mol. The van der Waals surface area contributed by atoms with Gasteiger partial charge in [-0.1, -0.05) is 0 Å². The lowest BCUT2D eigenvalue weighted by Crippen LogP contribution is -2.19. The van der Waals surface area contributed by atoms with Crippen LogP contribution in [0.2, 0.25) is 0 Å². The summed E-state index contributed by atoms with van der Waals surface area (Å²) in [5, 5.41) is 11.1. The highest BCUT2D eigenvalue weighted by Crippen LogP contribution is 2.39. The SMILES string of the molecule is CNc1cc(Sc2n[nH]c(=O)n2C(C)C)nc(C2CC2)n1. The number of hydrogen-bond donors (Lipinski definition) is 2. The standard InChI is InChI=1S/C13H18N6OS/c1-7(2)19-12(20)17-18-13(19)21-10-6-9(14-3)15-11(16-10)8-4-5-8/h6-8H,4-5H2,1-3H3,(H,17,20)(H,14,15,16). The van der Waals surface area contributed by atoms with Crippen molar-refractivity contribution < 1.29 is 0 Å². The second-order valence-electron chi connectivity index (χ2n) is 5.35. The van der Waals surface area contributed by atoms with Gasteiger partial charge in [0.25, 0.3) is 0 Å². The van der Waals surface area contributed by atoms with E-state index in [2.05, 4.69) is 25.5 Å². The number of H-pyrrole nitrogens is 1. The van der Waals surface area contributed by atoms with Gasteiger partial charge in [-0.25, -0.2) is 19.9 Å². The van der Waals surface area contributed by atoms with Gasteiger partial charge in [-0.05, 0) is 38.5 Å².